The first-order chi connectivity index (χ1) is 8.52. The number of aryl methyl sites for hydroxylation is 1. The van der Waals surface area contributed by atoms with Crippen molar-refractivity contribution in [3.05, 3.63) is 34.9 Å². The number of carbonyl (C=O) groups is 1. The van der Waals surface area contributed by atoms with Crippen LogP contribution in [-0.4, -0.2) is 5.78 Å². The second kappa shape index (κ2) is 4.79. The molecule has 1 aliphatic carbocycles. The molecule has 0 atom stereocenters. The van der Waals surface area contributed by atoms with Crippen molar-refractivity contribution in [1.29, 1.82) is 0 Å². The Bertz CT molecular complexity index is 474. The average Bonchev–Trinajstić information content (AvgIpc) is 2.84. The molecule has 3 heteroatoms. The van der Waals surface area contributed by atoms with Crippen molar-refractivity contribution in [2.75, 3.05) is 0 Å². The first-order valence-corrected chi connectivity index (χ1v) is 6.51. The maximum atomic E-state index is 14.0. The normalized spacial score (nSPS) is 18.0. The zero-order valence-corrected chi connectivity index (χ0v) is 10.9. The third-order valence-electron chi connectivity index (χ3n) is 4.23. The fourth-order valence-electron chi connectivity index (χ4n) is 2.92. The zero-order chi connectivity index (χ0) is 13.3. The van der Waals surface area contributed by atoms with Gasteiger partial charge in [-0.2, -0.15) is 0 Å². The molecule has 1 aromatic rings. The summed E-state index contributed by atoms with van der Waals surface area (Å²) < 4.78 is 27.8. The molecule has 0 unspecified atom stereocenters. The Morgan fingerprint density at radius 2 is 1.89 bits per heavy atom. The van der Waals surface area contributed by atoms with E-state index >= 15 is 0 Å². The lowest BCUT2D eigenvalue weighted by molar-refractivity contribution is 0.0781. The number of Topliss-reactive ketones (excluding diaryl/α,β-unsaturated/α-hetero) is 1. The summed E-state index contributed by atoms with van der Waals surface area (Å²) >= 11 is 0. The van der Waals surface area contributed by atoms with Gasteiger partial charge in [0, 0.05) is 5.41 Å². The highest BCUT2D eigenvalue weighted by molar-refractivity contribution is 6.01. The summed E-state index contributed by atoms with van der Waals surface area (Å²) in [4.78, 5) is 12.5. The largest absolute Gasteiger partial charge is 0.293 e. The van der Waals surface area contributed by atoms with Gasteiger partial charge in [0.2, 0.25) is 0 Å². The number of benzene rings is 1. The molecule has 0 bridgehead atoms. The van der Waals surface area contributed by atoms with Crippen LogP contribution in [0.3, 0.4) is 0 Å². The Morgan fingerprint density at radius 1 is 1.28 bits per heavy atom. The molecule has 1 fully saturated rings. The predicted molar refractivity (Wildman–Crippen MR) is 66.6 cm³/mol. The van der Waals surface area contributed by atoms with Crippen molar-refractivity contribution in [1.82, 2.24) is 0 Å². The summed E-state index contributed by atoms with van der Waals surface area (Å²) in [6.07, 6.45) is 4.08. The van der Waals surface area contributed by atoms with Crippen molar-refractivity contribution in [3.8, 4) is 0 Å². The summed E-state index contributed by atoms with van der Waals surface area (Å²) in [6.45, 7) is 3.48. The van der Waals surface area contributed by atoms with Gasteiger partial charge in [-0.3, -0.25) is 4.79 Å². The van der Waals surface area contributed by atoms with Gasteiger partial charge in [0.25, 0.3) is 0 Å². The van der Waals surface area contributed by atoms with Crippen LogP contribution in [-0.2, 0) is 0 Å². The molecule has 18 heavy (non-hydrogen) atoms. The standard InChI is InChI=1S/C15H18F2O/c1-3-15(8-4-5-9-15)14(18)12-11(16)7-6-10(2)13(12)17/h6-7H,3-5,8-9H2,1-2H3. The van der Waals surface area contributed by atoms with Gasteiger partial charge in [-0.15, -0.1) is 0 Å². The minimum atomic E-state index is -0.733. The van der Waals surface area contributed by atoms with E-state index in [4.69, 9.17) is 0 Å². The number of ketones is 1. The lowest BCUT2D eigenvalue weighted by Crippen LogP contribution is -2.29. The Morgan fingerprint density at radius 3 is 2.44 bits per heavy atom. The van der Waals surface area contributed by atoms with Crippen molar-refractivity contribution in [2.24, 2.45) is 5.41 Å². The van der Waals surface area contributed by atoms with Crippen molar-refractivity contribution >= 4 is 5.78 Å². The van der Waals surface area contributed by atoms with Gasteiger partial charge in [-0.25, -0.2) is 8.78 Å². The molecule has 0 aromatic heterocycles. The highest BCUT2D eigenvalue weighted by Gasteiger charge is 2.41. The molecule has 0 spiro atoms. The number of rotatable bonds is 3. The van der Waals surface area contributed by atoms with E-state index in [2.05, 4.69) is 0 Å². The van der Waals surface area contributed by atoms with E-state index in [-0.39, 0.29) is 11.3 Å². The molecule has 0 amide bonds. The van der Waals surface area contributed by atoms with E-state index in [0.717, 1.165) is 25.7 Å². The van der Waals surface area contributed by atoms with Crippen LogP contribution in [0.2, 0.25) is 0 Å². The number of hydrogen-bond acceptors (Lipinski definition) is 1. The Balaban J connectivity index is 2.49. The highest BCUT2D eigenvalue weighted by Crippen LogP contribution is 2.44. The number of hydrogen-bond donors (Lipinski definition) is 0. The number of carbonyl (C=O) groups excluding carboxylic acids is 1. The van der Waals surface area contributed by atoms with Gasteiger partial charge in [-0.05, 0) is 37.8 Å². The maximum Gasteiger partial charge on any atom is 0.174 e. The summed E-state index contributed by atoms with van der Waals surface area (Å²) in [5, 5.41) is 0. The van der Waals surface area contributed by atoms with Crippen LogP contribution in [0.15, 0.2) is 12.1 Å². The van der Waals surface area contributed by atoms with Crippen molar-refractivity contribution in [2.45, 2.75) is 46.0 Å². The fourth-order valence-corrected chi connectivity index (χ4v) is 2.92. The minimum absolute atomic E-state index is 0.323. The fraction of sp³-hybridized carbons (Fsp3) is 0.533. The zero-order valence-electron chi connectivity index (χ0n) is 10.9. The third-order valence-corrected chi connectivity index (χ3v) is 4.23. The van der Waals surface area contributed by atoms with Gasteiger partial charge in [0.15, 0.2) is 5.78 Å². The molecular weight excluding hydrogens is 234 g/mol. The summed E-state index contributed by atoms with van der Waals surface area (Å²) in [5.41, 5.74) is -0.557. The van der Waals surface area contributed by atoms with Crippen LogP contribution in [0.4, 0.5) is 8.78 Å². The summed E-state index contributed by atoms with van der Waals surface area (Å²) in [7, 11) is 0. The molecule has 0 heterocycles. The third kappa shape index (κ3) is 1.96. The molecule has 1 nitrogen and oxygen atoms in total. The van der Waals surface area contributed by atoms with Gasteiger partial charge in [0.05, 0.1) is 5.56 Å². The first kappa shape index (κ1) is 13.2. The minimum Gasteiger partial charge on any atom is -0.293 e. The Labute approximate surface area is 106 Å². The number of halogens is 2. The van der Waals surface area contributed by atoms with Gasteiger partial charge in [0.1, 0.15) is 11.6 Å². The van der Waals surface area contributed by atoms with E-state index in [9.17, 15) is 13.6 Å². The molecule has 1 aromatic carbocycles. The van der Waals surface area contributed by atoms with Gasteiger partial charge >= 0.3 is 0 Å². The molecule has 0 saturated heterocycles. The van der Waals surface area contributed by atoms with Gasteiger partial charge in [-0.1, -0.05) is 25.8 Å². The van der Waals surface area contributed by atoms with Crippen LogP contribution in [0.25, 0.3) is 0 Å². The SMILES string of the molecule is CCC1(C(=O)c2c(F)ccc(C)c2F)CCCC1. The topological polar surface area (TPSA) is 17.1 Å². The molecule has 98 valence electrons. The first-order valence-electron chi connectivity index (χ1n) is 6.51. The molecule has 0 N–H and O–H groups in total. The molecular formula is C15H18F2O. The van der Waals surface area contributed by atoms with Crippen LogP contribution >= 0.6 is 0 Å². The van der Waals surface area contributed by atoms with E-state index in [1.54, 1.807) is 6.92 Å². The van der Waals surface area contributed by atoms with Crippen LogP contribution in [0, 0.1) is 24.0 Å². The molecule has 2 rings (SSSR count). The smallest absolute Gasteiger partial charge is 0.174 e. The van der Waals surface area contributed by atoms with E-state index < -0.39 is 17.0 Å². The summed E-state index contributed by atoms with van der Waals surface area (Å²) in [5.74, 6) is -1.77. The molecule has 0 radical (unpaired) electrons. The van der Waals surface area contributed by atoms with E-state index in [1.807, 2.05) is 6.92 Å². The Kier molecular flexibility index (Phi) is 3.51. The van der Waals surface area contributed by atoms with E-state index in [1.165, 1.54) is 12.1 Å². The maximum absolute atomic E-state index is 14.0. The molecule has 1 saturated carbocycles. The second-order valence-electron chi connectivity index (χ2n) is 5.22. The predicted octanol–water partition coefficient (Wildman–Crippen LogP) is 4.43. The average molecular weight is 252 g/mol. The van der Waals surface area contributed by atoms with Gasteiger partial charge < -0.3 is 0 Å². The van der Waals surface area contributed by atoms with Crippen LogP contribution in [0.1, 0.15) is 54.9 Å². The van der Waals surface area contributed by atoms with Crippen molar-refractivity contribution in [3.63, 3.8) is 0 Å². The Hall–Kier alpha value is -1.25. The summed E-state index contributed by atoms with van der Waals surface area (Å²) in [6, 6.07) is 2.55. The van der Waals surface area contributed by atoms with Crippen LogP contribution < -0.4 is 0 Å². The monoisotopic (exact) mass is 252 g/mol. The highest BCUT2D eigenvalue weighted by atomic mass is 19.1. The lowest BCUT2D eigenvalue weighted by atomic mass is 9.76. The lowest BCUT2D eigenvalue weighted by Gasteiger charge is -2.26. The second-order valence-corrected chi connectivity index (χ2v) is 5.22. The molecule has 1 aliphatic rings. The quantitative estimate of drug-likeness (QED) is 0.727. The van der Waals surface area contributed by atoms with Crippen molar-refractivity contribution < 1.29 is 13.6 Å². The van der Waals surface area contributed by atoms with E-state index in [0.29, 0.717) is 12.0 Å². The molecule has 0 aliphatic heterocycles. The van der Waals surface area contributed by atoms with Crippen LogP contribution in [0.5, 0.6) is 0 Å².